The standard InChI is InChI=1S/C18H29N5O/c1-4-11-19-18(20-13-17(24)22(2)3)21-15-10-12-23(14-15)16-8-6-5-7-9-16/h5-9,15H,4,10-14H2,1-3H3,(H2,19,20,21). The molecule has 0 aliphatic carbocycles. The second kappa shape index (κ2) is 9.15. The highest BCUT2D eigenvalue weighted by molar-refractivity contribution is 5.85. The van der Waals surface area contributed by atoms with Gasteiger partial charge in [0.2, 0.25) is 5.91 Å². The first kappa shape index (κ1) is 18.1. The molecule has 2 rings (SSSR count). The van der Waals surface area contributed by atoms with Crippen LogP contribution in [0.3, 0.4) is 0 Å². The molecule has 1 amide bonds. The topological polar surface area (TPSA) is 60.0 Å². The van der Waals surface area contributed by atoms with Crippen molar-refractivity contribution in [2.45, 2.75) is 25.8 Å². The zero-order chi connectivity index (χ0) is 17.4. The molecule has 1 heterocycles. The Morgan fingerprint density at radius 3 is 2.75 bits per heavy atom. The van der Waals surface area contributed by atoms with Crippen LogP contribution in [0.1, 0.15) is 19.8 Å². The van der Waals surface area contributed by atoms with E-state index in [2.05, 4.69) is 51.7 Å². The van der Waals surface area contributed by atoms with E-state index >= 15 is 0 Å². The summed E-state index contributed by atoms with van der Waals surface area (Å²) < 4.78 is 0. The van der Waals surface area contributed by atoms with Gasteiger partial charge in [-0.3, -0.25) is 4.79 Å². The highest BCUT2D eigenvalue weighted by atomic mass is 16.2. The number of anilines is 1. The lowest BCUT2D eigenvalue weighted by atomic mass is 10.2. The van der Waals surface area contributed by atoms with Crippen molar-refractivity contribution in [3.63, 3.8) is 0 Å². The smallest absolute Gasteiger partial charge is 0.243 e. The summed E-state index contributed by atoms with van der Waals surface area (Å²) >= 11 is 0. The number of carbonyl (C=O) groups excluding carboxylic acids is 1. The normalized spacial score (nSPS) is 17.7. The van der Waals surface area contributed by atoms with Crippen LogP contribution in [0.4, 0.5) is 5.69 Å². The first-order valence-corrected chi connectivity index (χ1v) is 8.65. The van der Waals surface area contributed by atoms with E-state index in [1.165, 1.54) is 5.69 Å². The van der Waals surface area contributed by atoms with E-state index in [0.29, 0.717) is 6.04 Å². The van der Waals surface area contributed by atoms with Gasteiger partial charge in [0.1, 0.15) is 6.54 Å². The van der Waals surface area contributed by atoms with Crippen molar-refractivity contribution in [3.05, 3.63) is 30.3 Å². The van der Waals surface area contributed by atoms with Gasteiger partial charge in [-0.2, -0.15) is 0 Å². The Morgan fingerprint density at radius 2 is 2.08 bits per heavy atom. The third-order valence-corrected chi connectivity index (χ3v) is 4.06. The quantitative estimate of drug-likeness (QED) is 0.609. The minimum Gasteiger partial charge on any atom is -0.369 e. The number of nitrogens with one attached hydrogen (secondary N) is 2. The number of para-hydroxylation sites is 1. The van der Waals surface area contributed by atoms with E-state index < -0.39 is 0 Å². The first-order valence-electron chi connectivity index (χ1n) is 8.65. The largest absolute Gasteiger partial charge is 0.369 e. The molecule has 1 fully saturated rings. The fraction of sp³-hybridized carbons (Fsp3) is 0.556. The van der Waals surface area contributed by atoms with E-state index in [9.17, 15) is 4.79 Å². The average molecular weight is 331 g/mol. The van der Waals surface area contributed by atoms with Gasteiger partial charge in [-0.25, -0.2) is 4.99 Å². The second-order valence-electron chi connectivity index (χ2n) is 6.29. The number of hydrogen-bond acceptors (Lipinski definition) is 3. The zero-order valence-electron chi connectivity index (χ0n) is 15.0. The average Bonchev–Trinajstić information content (AvgIpc) is 3.06. The molecule has 132 valence electrons. The molecule has 0 spiro atoms. The number of hydrogen-bond donors (Lipinski definition) is 2. The lowest BCUT2D eigenvalue weighted by Gasteiger charge is -2.20. The SMILES string of the molecule is CCCNC(=NCC(=O)N(C)C)NC1CCN(c2ccccc2)C1. The van der Waals surface area contributed by atoms with Crippen LogP contribution in [0, 0.1) is 0 Å². The van der Waals surface area contributed by atoms with Gasteiger partial charge in [-0.05, 0) is 25.0 Å². The first-order chi connectivity index (χ1) is 11.6. The molecule has 6 nitrogen and oxygen atoms in total. The molecule has 1 aromatic rings. The lowest BCUT2D eigenvalue weighted by Crippen LogP contribution is -2.45. The highest BCUT2D eigenvalue weighted by Gasteiger charge is 2.23. The molecule has 2 N–H and O–H groups in total. The Bertz CT molecular complexity index is 544. The van der Waals surface area contributed by atoms with Crippen LogP contribution in [-0.2, 0) is 4.79 Å². The highest BCUT2D eigenvalue weighted by Crippen LogP contribution is 2.19. The van der Waals surface area contributed by atoms with E-state index in [0.717, 1.165) is 38.4 Å². The summed E-state index contributed by atoms with van der Waals surface area (Å²) in [5.74, 6) is 0.733. The van der Waals surface area contributed by atoms with E-state index in [4.69, 9.17) is 0 Å². The molecule has 1 saturated heterocycles. The minimum atomic E-state index is 0.00457. The Balaban J connectivity index is 1.92. The molecule has 0 bridgehead atoms. The third kappa shape index (κ3) is 5.44. The van der Waals surface area contributed by atoms with Crippen LogP contribution in [-0.4, -0.2) is 63.1 Å². The fourth-order valence-electron chi connectivity index (χ4n) is 2.63. The van der Waals surface area contributed by atoms with Crippen LogP contribution in [0.15, 0.2) is 35.3 Å². The van der Waals surface area contributed by atoms with Crippen molar-refractivity contribution in [1.29, 1.82) is 0 Å². The Hall–Kier alpha value is -2.24. The number of carbonyl (C=O) groups is 1. The maximum absolute atomic E-state index is 11.8. The van der Waals surface area contributed by atoms with Crippen LogP contribution in [0.5, 0.6) is 0 Å². The predicted octanol–water partition coefficient (Wildman–Crippen LogP) is 1.30. The minimum absolute atomic E-state index is 0.00457. The number of likely N-dealkylation sites (N-methyl/N-ethyl adjacent to an activating group) is 1. The number of guanidine groups is 1. The van der Waals surface area contributed by atoms with Crippen molar-refractivity contribution in [1.82, 2.24) is 15.5 Å². The van der Waals surface area contributed by atoms with E-state index in [1.54, 1.807) is 19.0 Å². The van der Waals surface area contributed by atoms with Crippen LogP contribution in [0.25, 0.3) is 0 Å². The van der Waals surface area contributed by atoms with Crippen molar-refractivity contribution in [2.75, 3.05) is 45.2 Å². The fourth-order valence-corrected chi connectivity index (χ4v) is 2.63. The summed E-state index contributed by atoms with van der Waals surface area (Å²) in [4.78, 5) is 20.1. The van der Waals surface area contributed by atoms with E-state index in [1.807, 2.05) is 6.07 Å². The maximum Gasteiger partial charge on any atom is 0.243 e. The zero-order valence-corrected chi connectivity index (χ0v) is 15.0. The molecule has 24 heavy (non-hydrogen) atoms. The third-order valence-electron chi connectivity index (χ3n) is 4.06. The van der Waals surface area contributed by atoms with Gasteiger partial charge >= 0.3 is 0 Å². The monoisotopic (exact) mass is 331 g/mol. The van der Waals surface area contributed by atoms with Crippen LogP contribution >= 0.6 is 0 Å². The summed E-state index contributed by atoms with van der Waals surface area (Å²) in [5, 5.41) is 6.77. The molecule has 1 aliphatic heterocycles. The van der Waals surface area contributed by atoms with Crippen LogP contribution < -0.4 is 15.5 Å². The molecule has 0 saturated carbocycles. The molecule has 1 aromatic carbocycles. The molecular weight excluding hydrogens is 302 g/mol. The van der Waals surface area contributed by atoms with Gasteiger partial charge in [-0.1, -0.05) is 25.1 Å². The number of aliphatic imine (C=N–C) groups is 1. The number of amides is 1. The van der Waals surface area contributed by atoms with Crippen molar-refractivity contribution in [3.8, 4) is 0 Å². The molecule has 0 radical (unpaired) electrons. The Morgan fingerprint density at radius 1 is 1.33 bits per heavy atom. The lowest BCUT2D eigenvalue weighted by molar-refractivity contribution is -0.127. The maximum atomic E-state index is 11.8. The summed E-state index contributed by atoms with van der Waals surface area (Å²) in [7, 11) is 3.50. The van der Waals surface area contributed by atoms with Gasteiger partial charge in [0, 0.05) is 45.5 Å². The molecule has 1 atom stereocenters. The van der Waals surface area contributed by atoms with Gasteiger partial charge < -0.3 is 20.4 Å². The number of rotatable bonds is 6. The summed E-state index contributed by atoms with van der Waals surface area (Å²) in [6, 6.07) is 10.8. The van der Waals surface area contributed by atoms with Gasteiger partial charge in [0.25, 0.3) is 0 Å². The molecule has 1 unspecified atom stereocenters. The van der Waals surface area contributed by atoms with Gasteiger partial charge in [0.05, 0.1) is 0 Å². The second-order valence-corrected chi connectivity index (χ2v) is 6.29. The molecule has 0 aromatic heterocycles. The van der Waals surface area contributed by atoms with Crippen molar-refractivity contribution < 1.29 is 4.79 Å². The summed E-state index contributed by atoms with van der Waals surface area (Å²) in [6.45, 7) is 5.10. The number of nitrogens with zero attached hydrogens (tertiary/aromatic N) is 3. The van der Waals surface area contributed by atoms with Crippen LogP contribution in [0.2, 0.25) is 0 Å². The predicted molar refractivity (Wildman–Crippen MR) is 99.5 cm³/mol. The summed E-state index contributed by atoms with van der Waals surface area (Å²) in [5.41, 5.74) is 1.25. The van der Waals surface area contributed by atoms with Gasteiger partial charge in [-0.15, -0.1) is 0 Å². The molecule has 6 heteroatoms. The van der Waals surface area contributed by atoms with Crippen molar-refractivity contribution in [2.24, 2.45) is 4.99 Å². The Labute approximate surface area is 144 Å². The van der Waals surface area contributed by atoms with E-state index in [-0.39, 0.29) is 12.5 Å². The van der Waals surface area contributed by atoms with Crippen molar-refractivity contribution >= 4 is 17.6 Å². The molecular formula is C18H29N5O. The molecule has 1 aliphatic rings. The summed E-state index contributed by atoms with van der Waals surface area (Å²) in [6.07, 6.45) is 2.08. The number of benzene rings is 1. The van der Waals surface area contributed by atoms with Gasteiger partial charge in [0.15, 0.2) is 5.96 Å². The Kier molecular flexibility index (Phi) is 6.90.